The minimum absolute atomic E-state index is 0.358. The van der Waals surface area contributed by atoms with Gasteiger partial charge in [0.05, 0.1) is 15.7 Å². The van der Waals surface area contributed by atoms with Crippen molar-refractivity contribution in [3.05, 3.63) is 53.6 Å². The van der Waals surface area contributed by atoms with Crippen molar-refractivity contribution in [2.75, 3.05) is 17.2 Å². The lowest BCUT2D eigenvalue weighted by Crippen LogP contribution is -2.11. The Labute approximate surface area is 126 Å². The minimum Gasteiger partial charge on any atom is -0.398 e. The van der Waals surface area contributed by atoms with Gasteiger partial charge in [-0.15, -0.1) is 11.8 Å². The molecule has 1 heterocycles. The summed E-state index contributed by atoms with van der Waals surface area (Å²) in [5, 5.41) is 0. The van der Waals surface area contributed by atoms with E-state index in [4.69, 9.17) is 5.73 Å². The number of thioether (sulfide) groups is 1. The van der Waals surface area contributed by atoms with E-state index in [-0.39, 0.29) is 0 Å². The molecule has 3 rings (SSSR count). The standard InChI is InChI=1S/C16H17NOS2/c1-11-6-7-14(17)16(8-11)20(18)10-12-9-19-15-5-3-2-4-13(12)15/h2-8,12H,9-10,17H2,1H3. The molecule has 0 aliphatic carbocycles. The molecule has 2 aromatic carbocycles. The Balaban J connectivity index is 1.82. The van der Waals surface area contributed by atoms with Crippen molar-refractivity contribution in [2.24, 2.45) is 0 Å². The van der Waals surface area contributed by atoms with Crippen LogP contribution >= 0.6 is 11.8 Å². The lowest BCUT2D eigenvalue weighted by molar-refractivity contribution is 0.678. The summed E-state index contributed by atoms with van der Waals surface area (Å²) in [4.78, 5) is 2.10. The van der Waals surface area contributed by atoms with E-state index in [1.807, 2.05) is 36.9 Å². The van der Waals surface area contributed by atoms with Crippen molar-refractivity contribution < 1.29 is 4.21 Å². The molecule has 1 aliphatic heterocycles. The maximum absolute atomic E-state index is 12.6. The van der Waals surface area contributed by atoms with Crippen molar-refractivity contribution in [2.45, 2.75) is 22.6 Å². The summed E-state index contributed by atoms with van der Waals surface area (Å²) in [5.41, 5.74) is 9.02. The summed E-state index contributed by atoms with van der Waals surface area (Å²) in [5.74, 6) is 2.02. The van der Waals surface area contributed by atoms with Crippen LogP contribution in [0.3, 0.4) is 0 Å². The molecule has 2 unspecified atom stereocenters. The van der Waals surface area contributed by atoms with Crippen LogP contribution in [0.1, 0.15) is 17.0 Å². The molecule has 104 valence electrons. The lowest BCUT2D eigenvalue weighted by atomic mass is 10.0. The third-order valence-corrected chi connectivity index (χ3v) is 6.37. The number of fused-ring (bicyclic) bond motifs is 1. The number of nitrogen functional groups attached to an aromatic ring is 1. The molecule has 1 aliphatic rings. The van der Waals surface area contributed by atoms with Gasteiger partial charge in [-0.1, -0.05) is 24.3 Å². The summed E-state index contributed by atoms with van der Waals surface area (Å²) < 4.78 is 12.6. The smallest absolute Gasteiger partial charge is 0.0620 e. The Kier molecular flexibility index (Phi) is 3.85. The van der Waals surface area contributed by atoms with Crippen LogP contribution in [0.25, 0.3) is 0 Å². The van der Waals surface area contributed by atoms with E-state index in [0.29, 0.717) is 17.4 Å². The van der Waals surface area contributed by atoms with Gasteiger partial charge in [-0.2, -0.15) is 0 Å². The molecule has 0 saturated carbocycles. The first-order valence-electron chi connectivity index (χ1n) is 6.61. The van der Waals surface area contributed by atoms with E-state index < -0.39 is 10.8 Å². The van der Waals surface area contributed by atoms with E-state index in [9.17, 15) is 4.21 Å². The Morgan fingerprint density at radius 3 is 2.95 bits per heavy atom. The van der Waals surface area contributed by atoms with E-state index in [2.05, 4.69) is 24.3 Å². The minimum atomic E-state index is -1.04. The van der Waals surface area contributed by atoms with Crippen LogP contribution in [0.15, 0.2) is 52.3 Å². The van der Waals surface area contributed by atoms with Crippen molar-refractivity contribution in [3.63, 3.8) is 0 Å². The molecular formula is C16H17NOS2. The molecule has 20 heavy (non-hydrogen) atoms. The Morgan fingerprint density at radius 2 is 2.10 bits per heavy atom. The zero-order valence-electron chi connectivity index (χ0n) is 11.3. The largest absolute Gasteiger partial charge is 0.398 e. The number of rotatable bonds is 3. The van der Waals surface area contributed by atoms with Gasteiger partial charge >= 0.3 is 0 Å². The van der Waals surface area contributed by atoms with Gasteiger partial charge in [0.15, 0.2) is 0 Å². The van der Waals surface area contributed by atoms with Gasteiger partial charge < -0.3 is 5.73 Å². The number of nitrogens with two attached hydrogens (primary N) is 1. The fourth-order valence-electron chi connectivity index (χ4n) is 2.48. The molecule has 0 spiro atoms. The van der Waals surface area contributed by atoms with E-state index in [1.54, 1.807) is 0 Å². The molecule has 0 saturated heterocycles. The first kappa shape index (κ1) is 13.7. The molecule has 0 fully saturated rings. The normalized spacial score (nSPS) is 18.8. The molecule has 0 aromatic heterocycles. The molecule has 0 amide bonds. The molecule has 2 nitrogen and oxygen atoms in total. The van der Waals surface area contributed by atoms with Crippen LogP contribution in [-0.4, -0.2) is 15.7 Å². The molecule has 0 radical (unpaired) electrons. The maximum Gasteiger partial charge on any atom is 0.0620 e. The zero-order valence-corrected chi connectivity index (χ0v) is 13.0. The number of anilines is 1. The monoisotopic (exact) mass is 303 g/mol. The third kappa shape index (κ3) is 2.63. The van der Waals surface area contributed by atoms with Gasteiger partial charge in [0.2, 0.25) is 0 Å². The van der Waals surface area contributed by atoms with Crippen LogP contribution in [0.2, 0.25) is 0 Å². The first-order chi connectivity index (χ1) is 9.65. The summed E-state index contributed by atoms with van der Waals surface area (Å²) in [6.07, 6.45) is 0. The molecule has 4 heteroatoms. The average Bonchev–Trinajstić information content (AvgIpc) is 2.85. The highest BCUT2D eigenvalue weighted by Crippen LogP contribution is 2.40. The highest BCUT2D eigenvalue weighted by Gasteiger charge is 2.25. The molecule has 0 bridgehead atoms. The van der Waals surface area contributed by atoms with Crippen LogP contribution in [0, 0.1) is 6.92 Å². The number of benzene rings is 2. The van der Waals surface area contributed by atoms with Crippen LogP contribution < -0.4 is 5.73 Å². The van der Waals surface area contributed by atoms with Crippen LogP contribution in [0.4, 0.5) is 5.69 Å². The molecule has 2 atom stereocenters. The number of aryl methyl sites for hydroxylation is 1. The average molecular weight is 303 g/mol. The second-order valence-electron chi connectivity index (χ2n) is 5.10. The van der Waals surface area contributed by atoms with Crippen molar-refractivity contribution >= 4 is 28.2 Å². The molecule has 2 aromatic rings. The SMILES string of the molecule is Cc1ccc(N)c(S(=O)CC2CSc3ccccc32)c1. The second-order valence-corrected chi connectivity index (χ2v) is 7.63. The van der Waals surface area contributed by atoms with Gasteiger partial charge in [0, 0.05) is 28.0 Å². The highest BCUT2D eigenvalue weighted by molar-refractivity contribution is 7.99. The fraction of sp³-hybridized carbons (Fsp3) is 0.250. The fourth-order valence-corrected chi connectivity index (χ4v) is 5.37. The lowest BCUT2D eigenvalue weighted by Gasteiger charge is -2.12. The van der Waals surface area contributed by atoms with Crippen molar-refractivity contribution in [1.82, 2.24) is 0 Å². The van der Waals surface area contributed by atoms with Gasteiger partial charge in [-0.3, -0.25) is 4.21 Å². The van der Waals surface area contributed by atoms with Gasteiger partial charge in [-0.25, -0.2) is 0 Å². The Morgan fingerprint density at radius 1 is 1.30 bits per heavy atom. The Bertz CT molecular complexity index is 669. The van der Waals surface area contributed by atoms with E-state index in [0.717, 1.165) is 16.2 Å². The summed E-state index contributed by atoms with van der Waals surface area (Å²) in [7, 11) is -1.04. The second kappa shape index (κ2) is 5.62. The van der Waals surface area contributed by atoms with E-state index in [1.165, 1.54) is 10.5 Å². The van der Waals surface area contributed by atoms with Gasteiger partial charge in [0.1, 0.15) is 0 Å². The molecule has 2 N–H and O–H groups in total. The predicted octanol–water partition coefficient (Wildman–Crippen LogP) is 3.57. The van der Waals surface area contributed by atoms with Gasteiger partial charge in [0.25, 0.3) is 0 Å². The van der Waals surface area contributed by atoms with Crippen LogP contribution in [-0.2, 0) is 10.8 Å². The summed E-state index contributed by atoms with van der Waals surface area (Å²) >= 11 is 1.85. The maximum atomic E-state index is 12.6. The summed E-state index contributed by atoms with van der Waals surface area (Å²) in [6.45, 7) is 2.00. The third-order valence-electron chi connectivity index (χ3n) is 3.57. The summed E-state index contributed by atoms with van der Waals surface area (Å²) in [6, 6.07) is 14.2. The van der Waals surface area contributed by atoms with Crippen molar-refractivity contribution in [1.29, 1.82) is 0 Å². The Hall–Kier alpha value is -1.26. The molecular weight excluding hydrogens is 286 g/mol. The predicted molar refractivity (Wildman–Crippen MR) is 86.8 cm³/mol. The van der Waals surface area contributed by atoms with Crippen LogP contribution in [0.5, 0.6) is 0 Å². The zero-order chi connectivity index (χ0) is 14.1. The van der Waals surface area contributed by atoms with Crippen molar-refractivity contribution in [3.8, 4) is 0 Å². The highest BCUT2D eigenvalue weighted by atomic mass is 32.2. The quantitative estimate of drug-likeness (QED) is 0.881. The number of hydrogen-bond donors (Lipinski definition) is 1. The topological polar surface area (TPSA) is 43.1 Å². The van der Waals surface area contributed by atoms with E-state index >= 15 is 0 Å². The number of hydrogen-bond acceptors (Lipinski definition) is 3. The van der Waals surface area contributed by atoms with Gasteiger partial charge in [-0.05, 0) is 36.2 Å². The first-order valence-corrected chi connectivity index (χ1v) is 8.92.